The Labute approximate surface area is 889 Å². The normalized spacial score (nSPS) is 14.2. The summed E-state index contributed by atoms with van der Waals surface area (Å²) in [5, 5.41) is 16.2. The first kappa shape index (κ1) is 86.5. The molecule has 0 N–H and O–H groups in total. The second-order valence-corrected chi connectivity index (χ2v) is 50.8. The molecule has 0 unspecified atom stereocenters. The third-order valence-corrected chi connectivity index (χ3v) is 45.3. The molecule has 0 saturated heterocycles. The van der Waals surface area contributed by atoms with Gasteiger partial charge in [-0.05, 0) is 182 Å². The SMILES string of the molecule is c1ccc2c(c1)Sc1c3c(cc4ccccc14)Sc1c(ccc4ccccc14)B23.c1ccc2c(c1)Sc1c3c4c(c5c1B2c1ccccc1S5)Sc1ccccc1B4c1ccccc1S3.c1ccc2c(c1)Sc1cc3ccccc3c3c1B2c1ccc2ccccc2c1S3.c1ccc2c(c1)Sc1cc3ccccc3c3c1B2c1ccccc1S3.c1ccc2c(c1)Sc1cccc3c1B2c1ccc2ccccc2c1S3. The van der Waals surface area contributed by atoms with E-state index in [1.54, 1.807) is 0 Å². The lowest BCUT2D eigenvalue weighted by Gasteiger charge is -2.40. The van der Waals surface area contributed by atoms with Crippen molar-refractivity contribution in [2.75, 3.05) is 0 Å². The maximum absolute atomic E-state index is 2.41. The minimum absolute atomic E-state index is 0.292. The monoisotopic (exact) mass is 2030 g/mol. The Balaban J connectivity index is 0.0000000827. The fraction of sp³-hybridized carbons (Fsp3) is 0. The summed E-state index contributed by atoms with van der Waals surface area (Å²) >= 11 is 23.5. The summed E-state index contributed by atoms with van der Waals surface area (Å²) < 4.78 is 0. The quantitative estimate of drug-likeness (QED) is 0.133. The Bertz CT molecular complexity index is 9250. The van der Waals surface area contributed by atoms with Gasteiger partial charge in [0.1, 0.15) is 0 Å². The van der Waals surface area contributed by atoms with E-state index in [1.165, 1.54) is 280 Å². The fourth-order valence-corrected chi connectivity index (χ4v) is 40.2. The van der Waals surface area contributed by atoms with E-state index in [2.05, 4.69) is 437 Å². The van der Waals surface area contributed by atoms with E-state index in [9.17, 15) is 0 Å². The molecule has 666 valence electrons. The van der Waals surface area contributed by atoms with Crippen molar-refractivity contribution in [1.82, 2.24) is 0 Å². The maximum Gasteiger partial charge on any atom is 0.247 e. The first-order valence-corrected chi connectivity index (χ1v) is 58.8. The van der Waals surface area contributed by atoms with Gasteiger partial charge in [-0.1, -0.05) is 559 Å². The van der Waals surface area contributed by atoms with Crippen molar-refractivity contribution in [3.8, 4) is 0 Å². The first-order valence-electron chi connectivity index (χ1n) is 49.0. The van der Waals surface area contributed by atoms with E-state index in [1.807, 2.05) is 141 Å². The van der Waals surface area contributed by atoms with E-state index in [0.717, 1.165) is 0 Å². The number of hydrogen-bond donors (Lipinski definition) is 0. The zero-order valence-corrected chi connectivity index (χ0v) is 86.7. The first-order chi connectivity index (χ1) is 71.4. The van der Waals surface area contributed by atoms with Gasteiger partial charge in [0.2, 0.25) is 40.3 Å². The van der Waals surface area contributed by atoms with Gasteiger partial charge in [-0.2, -0.15) is 0 Å². The van der Waals surface area contributed by atoms with Crippen LogP contribution >= 0.6 is 141 Å². The molecule has 0 spiro atoms. The van der Waals surface area contributed by atoms with Gasteiger partial charge < -0.3 is 0 Å². The zero-order valence-electron chi connectivity index (χ0n) is 76.9. The summed E-state index contributed by atoms with van der Waals surface area (Å²) in [5.41, 5.74) is 26.5. The molecule has 144 heavy (non-hydrogen) atoms. The lowest BCUT2D eigenvalue weighted by molar-refractivity contribution is 1.14. The third-order valence-electron chi connectivity index (χ3n) is 30.4. The molecule has 0 atom stereocenters. The van der Waals surface area contributed by atoms with Crippen LogP contribution in [-0.4, -0.2) is 40.3 Å². The van der Waals surface area contributed by atoms with Crippen LogP contribution in [0.25, 0.3) is 64.6 Å². The van der Waals surface area contributed by atoms with Crippen molar-refractivity contribution < 1.29 is 0 Å². The van der Waals surface area contributed by atoms with E-state index < -0.39 is 0 Å². The minimum atomic E-state index is 0.292. The molecule has 23 aromatic rings. The molecule has 0 bridgehead atoms. The molecular weight excluding hydrogens is 1960 g/mol. The largest absolute Gasteiger partial charge is 0.247 e. The third kappa shape index (κ3) is 13.7. The molecule has 18 heteroatoms. The van der Waals surface area contributed by atoms with Gasteiger partial charge in [0, 0.05) is 117 Å². The number of fused-ring (bicyclic) bond motifs is 38. The summed E-state index contributed by atoms with van der Waals surface area (Å²) in [6.45, 7) is 1.90. The molecule has 12 heterocycles. The van der Waals surface area contributed by atoms with E-state index >= 15 is 0 Å². The highest BCUT2D eigenvalue weighted by Gasteiger charge is 2.50. The Morgan fingerprint density at radius 1 is 0.104 bits per heavy atom. The zero-order chi connectivity index (χ0) is 94.0. The number of benzene rings is 23. The summed E-state index contributed by atoms with van der Waals surface area (Å²) in [6, 6.07) is 162. The van der Waals surface area contributed by atoms with Crippen molar-refractivity contribution in [2.24, 2.45) is 0 Å². The van der Waals surface area contributed by atoms with E-state index in [4.69, 9.17) is 0 Å². The molecule has 0 nitrogen and oxygen atoms in total. The lowest BCUT2D eigenvalue weighted by atomic mass is 9.34. The lowest BCUT2D eigenvalue weighted by Crippen LogP contribution is -2.62. The van der Waals surface area contributed by atoms with Crippen LogP contribution in [0.5, 0.6) is 0 Å². The van der Waals surface area contributed by atoms with Gasteiger partial charge in [-0.25, -0.2) is 0 Å². The topological polar surface area (TPSA) is 0 Å². The molecule has 0 aromatic heterocycles. The second-order valence-electron chi connectivity index (χ2n) is 38.1. The molecule has 12 aliphatic heterocycles. The Morgan fingerprint density at radius 3 is 0.604 bits per heavy atom. The van der Waals surface area contributed by atoms with Crippen molar-refractivity contribution in [3.63, 3.8) is 0 Å². The van der Waals surface area contributed by atoms with Gasteiger partial charge in [0.15, 0.2) is 0 Å². The minimum Gasteiger partial charge on any atom is -0.0911 e. The Kier molecular flexibility index (Phi) is 21.0. The molecule has 0 saturated carbocycles. The molecule has 0 amide bonds. The molecule has 35 rings (SSSR count). The average molecular weight is 2040 g/mol. The van der Waals surface area contributed by atoms with Gasteiger partial charge in [0.25, 0.3) is 0 Å². The van der Waals surface area contributed by atoms with Crippen molar-refractivity contribution in [2.45, 2.75) is 117 Å². The van der Waals surface area contributed by atoms with Gasteiger partial charge in [-0.15, -0.1) is 0 Å². The number of hydrogen-bond acceptors (Lipinski definition) is 12. The highest BCUT2D eigenvalue weighted by atomic mass is 32.2. The van der Waals surface area contributed by atoms with Gasteiger partial charge in [0.05, 0.1) is 0 Å². The van der Waals surface area contributed by atoms with Crippen LogP contribution in [0.15, 0.2) is 554 Å². The van der Waals surface area contributed by atoms with E-state index in [-0.39, 0.29) is 0 Å². The van der Waals surface area contributed by atoms with Gasteiger partial charge in [-0.3, -0.25) is 0 Å². The second kappa shape index (κ2) is 35.0. The van der Waals surface area contributed by atoms with Crippen LogP contribution in [0.3, 0.4) is 0 Å². The van der Waals surface area contributed by atoms with Crippen molar-refractivity contribution >= 4 is 344 Å². The van der Waals surface area contributed by atoms with Crippen molar-refractivity contribution in [1.29, 1.82) is 0 Å². The van der Waals surface area contributed by atoms with Crippen LogP contribution in [0.2, 0.25) is 0 Å². The molecule has 0 aliphatic carbocycles. The van der Waals surface area contributed by atoms with Crippen LogP contribution < -0.4 is 98.3 Å². The molecule has 12 aliphatic rings. The standard InChI is InChI=1S/C30H16B2S4.2C26H15BS2.2C22H13BS2/c1-5-13-21-17(9-1)31-18-10-2-6-14-22(18)34-28-25(31)27(33-21)29-26-30(28)36-24-16-8-4-12-20(24)32(26)19-11-3-7-15-23(19)35-29;1-3-9-18-16(7-1)13-14-21-25(18)29-23-15-17-8-2-4-10-19(17)26-24(23)27(21)20-11-5-6-12-22(20)28-26;1-3-9-18-16(7-1)13-14-21-25(18)29-26-19-10-4-2-8-17(19)15-23-24(26)27(21)20-11-5-6-12-22(20)28-23;1-2-8-15-14(7-1)13-20-21-22(15)25-19-12-6-4-10-17(19)23(21)16-9-3-5-11-18(16)24-20;1-2-7-15-14(6-1)12-13-17-22(15)25-20-11-5-10-19-21(20)23(17)16-8-3-4-9-18(16)24-19/h1-16H;2*1-15H;2*1-13H. The summed E-state index contributed by atoms with van der Waals surface area (Å²) in [5.74, 6) is 0. The van der Waals surface area contributed by atoms with Crippen LogP contribution in [-0.2, 0) is 0 Å². The van der Waals surface area contributed by atoms with Gasteiger partial charge >= 0.3 is 0 Å². The number of rotatable bonds is 0. The highest BCUT2D eigenvalue weighted by molar-refractivity contribution is 8.06. The van der Waals surface area contributed by atoms with E-state index in [0.29, 0.717) is 40.3 Å². The molecular formula is C126H72B6S12. The van der Waals surface area contributed by atoms with Crippen LogP contribution in [0, 0.1) is 0 Å². The maximum atomic E-state index is 2.41. The summed E-state index contributed by atoms with van der Waals surface area (Å²) in [7, 11) is 0. The van der Waals surface area contributed by atoms with Crippen LogP contribution in [0.1, 0.15) is 0 Å². The molecule has 0 radical (unpaired) electrons. The Hall–Kier alpha value is -11.8. The average Bonchev–Trinajstić information content (AvgIpc) is 0.684. The fourth-order valence-electron chi connectivity index (χ4n) is 24.3. The van der Waals surface area contributed by atoms with Crippen LogP contribution in [0.4, 0.5) is 0 Å². The Morgan fingerprint density at radius 2 is 0.292 bits per heavy atom. The summed E-state index contributed by atoms with van der Waals surface area (Å²) in [6.07, 6.45) is 0. The highest BCUT2D eigenvalue weighted by Crippen LogP contribution is 2.54. The molecule has 0 fully saturated rings. The van der Waals surface area contributed by atoms with Crippen molar-refractivity contribution in [3.05, 3.63) is 437 Å². The predicted molar refractivity (Wildman–Crippen MR) is 632 cm³/mol. The molecule has 23 aromatic carbocycles. The summed E-state index contributed by atoms with van der Waals surface area (Å²) in [4.78, 5) is 34.1. The predicted octanol–water partition coefficient (Wildman–Crippen LogP) is 24.0. The smallest absolute Gasteiger partial charge is 0.0911 e.